The van der Waals surface area contributed by atoms with E-state index in [9.17, 15) is 0 Å². The summed E-state index contributed by atoms with van der Waals surface area (Å²) in [6, 6.07) is 8.16. The third-order valence-corrected chi connectivity index (χ3v) is 3.78. The number of hydrogen-bond donors (Lipinski definition) is 0. The van der Waals surface area contributed by atoms with Crippen LogP contribution in [0.15, 0.2) is 18.2 Å². The monoisotopic (exact) mass is 339 g/mol. The molecule has 0 fully saturated rings. The van der Waals surface area contributed by atoms with E-state index in [2.05, 4.69) is 22.0 Å². The molecule has 0 aliphatic carbocycles. The van der Waals surface area contributed by atoms with Crippen molar-refractivity contribution in [1.82, 2.24) is 0 Å². The largest absolute Gasteiger partial charge is 0.497 e. The van der Waals surface area contributed by atoms with E-state index in [4.69, 9.17) is 14.7 Å². The summed E-state index contributed by atoms with van der Waals surface area (Å²) in [4.78, 5) is 0. The summed E-state index contributed by atoms with van der Waals surface area (Å²) in [6.07, 6.45) is 2.84. The van der Waals surface area contributed by atoms with Crippen molar-refractivity contribution >= 4 is 15.9 Å². The minimum Gasteiger partial charge on any atom is -0.497 e. The lowest BCUT2D eigenvalue weighted by molar-refractivity contribution is 0.291. The molecule has 1 aromatic carbocycles. The molecular weight excluding hydrogens is 318 g/mol. The molecule has 0 atom stereocenters. The molecule has 0 aromatic heterocycles. The molecule has 0 heterocycles. The SMILES string of the molecule is COc1ccc(CBr)c(OCCCCC(C)(C)C#N)c1. The van der Waals surface area contributed by atoms with E-state index in [1.165, 1.54) is 0 Å². The average Bonchev–Trinajstić information content (AvgIpc) is 2.46. The zero-order valence-electron chi connectivity index (χ0n) is 12.4. The summed E-state index contributed by atoms with van der Waals surface area (Å²) in [5.74, 6) is 1.66. The Morgan fingerprint density at radius 2 is 2.05 bits per heavy atom. The summed E-state index contributed by atoms with van der Waals surface area (Å²) in [5.41, 5.74) is 0.875. The first kappa shape index (κ1) is 16.8. The van der Waals surface area contributed by atoms with Crippen molar-refractivity contribution in [1.29, 1.82) is 5.26 Å². The standard InChI is InChI=1S/C16H22BrNO2/c1-16(2,12-18)8-4-5-9-20-15-10-14(19-3)7-6-13(15)11-17/h6-7,10H,4-5,8-9,11H2,1-3H3. The van der Waals surface area contributed by atoms with E-state index in [-0.39, 0.29) is 5.41 Å². The predicted molar refractivity (Wildman–Crippen MR) is 84.4 cm³/mol. The highest BCUT2D eigenvalue weighted by Gasteiger charge is 2.15. The lowest BCUT2D eigenvalue weighted by atomic mass is 9.89. The van der Waals surface area contributed by atoms with Crippen LogP contribution in [0.3, 0.4) is 0 Å². The van der Waals surface area contributed by atoms with Crippen LogP contribution in [0.5, 0.6) is 11.5 Å². The van der Waals surface area contributed by atoms with Crippen molar-refractivity contribution in [2.75, 3.05) is 13.7 Å². The fourth-order valence-electron chi connectivity index (χ4n) is 1.81. The van der Waals surface area contributed by atoms with Crippen molar-refractivity contribution in [3.05, 3.63) is 23.8 Å². The van der Waals surface area contributed by atoms with Gasteiger partial charge in [0.1, 0.15) is 11.5 Å². The second-order valence-corrected chi connectivity index (χ2v) is 5.97. The Bertz CT molecular complexity index is 466. The van der Waals surface area contributed by atoms with Gasteiger partial charge in [-0.3, -0.25) is 0 Å². The maximum atomic E-state index is 8.95. The Morgan fingerprint density at radius 3 is 2.65 bits per heavy atom. The van der Waals surface area contributed by atoms with Gasteiger partial charge in [0, 0.05) is 17.0 Å². The highest BCUT2D eigenvalue weighted by atomic mass is 79.9. The molecule has 0 N–H and O–H groups in total. The number of benzene rings is 1. The van der Waals surface area contributed by atoms with Gasteiger partial charge in [0.25, 0.3) is 0 Å². The Balaban J connectivity index is 2.44. The molecule has 110 valence electrons. The Kier molecular flexibility index (Phi) is 6.87. The maximum absolute atomic E-state index is 8.95. The second kappa shape index (κ2) is 8.16. The summed E-state index contributed by atoms with van der Waals surface area (Å²) in [7, 11) is 1.65. The van der Waals surface area contributed by atoms with E-state index >= 15 is 0 Å². The number of alkyl halides is 1. The molecule has 0 saturated heterocycles. The van der Waals surface area contributed by atoms with Crippen LogP contribution in [0.2, 0.25) is 0 Å². The van der Waals surface area contributed by atoms with Gasteiger partial charge in [0.2, 0.25) is 0 Å². The summed E-state index contributed by atoms with van der Waals surface area (Å²) >= 11 is 3.46. The Morgan fingerprint density at radius 1 is 1.30 bits per heavy atom. The molecule has 0 aliphatic heterocycles. The number of nitriles is 1. The van der Waals surface area contributed by atoms with Gasteiger partial charge in [-0.15, -0.1) is 0 Å². The molecule has 3 nitrogen and oxygen atoms in total. The number of unbranched alkanes of at least 4 members (excludes halogenated alkanes) is 1. The zero-order chi connectivity index (χ0) is 15.0. The number of halogens is 1. The smallest absolute Gasteiger partial charge is 0.127 e. The second-order valence-electron chi connectivity index (χ2n) is 5.41. The molecule has 0 amide bonds. The van der Waals surface area contributed by atoms with Gasteiger partial charge >= 0.3 is 0 Å². The molecule has 0 radical (unpaired) electrons. The minimum absolute atomic E-state index is 0.239. The van der Waals surface area contributed by atoms with E-state index < -0.39 is 0 Å². The van der Waals surface area contributed by atoms with E-state index in [1.54, 1.807) is 7.11 Å². The Labute approximate surface area is 130 Å². The van der Waals surface area contributed by atoms with Crippen molar-refractivity contribution < 1.29 is 9.47 Å². The molecule has 1 aromatic rings. The van der Waals surface area contributed by atoms with Crippen LogP contribution in [-0.2, 0) is 5.33 Å². The fourth-order valence-corrected chi connectivity index (χ4v) is 2.28. The first-order valence-corrected chi connectivity index (χ1v) is 7.91. The van der Waals surface area contributed by atoms with Gasteiger partial charge in [-0.05, 0) is 39.2 Å². The van der Waals surface area contributed by atoms with Gasteiger partial charge in [-0.2, -0.15) is 5.26 Å². The first-order chi connectivity index (χ1) is 9.52. The van der Waals surface area contributed by atoms with Crippen molar-refractivity contribution in [2.45, 2.75) is 38.4 Å². The molecule has 1 rings (SSSR count). The summed E-state index contributed by atoms with van der Waals surface area (Å²) < 4.78 is 11.0. The van der Waals surface area contributed by atoms with E-state index in [0.717, 1.165) is 41.7 Å². The molecule has 0 unspecified atom stereocenters. The average molecular weight is 340 g/mol. The number of ether oxygens (including phenoxy) is 2. The van der Waals surface area contributed by atoms with Crippen LogP contribution in [-0.4, -0.2) is 13.7 Å². The fraction of sp³-hybridized carbons (Fsp3) is 0.562. The van der Waals surface area contributed by atoms with Crippen molar-refractivity contribution in [3.8, 4) is 17.6 Å². The van der Waals surface area contributed by atoms with Gasteiger partial charge < -0.3 is 9.47 Å². The normalized spacial score (nSPS) is 10.9. The van der Waals surface area contributed by atoms with Crippen molar-refractivity contribution in [3.63, 3.8) is 0 Å². The van der Waals surface area contributed by atoms with E-state index in [1.807, 2.05) is 32.0 Å². The topological polar surface area (TPSA) is 42.2 Å². The lowest BCUT2D eigenvalue weighted by Gasteiger charge is -2.15. The Hall–Kier alpha value is -1.21. The first-order valence-electron chi connectivity index (χ1n) is 6.79. The van der Waals surface area contributed by atoms with Gasteiger partial charge in [-0.25, -0.2) is 0 Å². The molecule has 0 spiro atoms. The minimum atomic E-state index is -0.239. The molecule has 4 heteroatoms. The van der Waals surface area contributed by atoms with Crippen LogP contribution < -0.4 is 9.47 Å². The number of rotatable bonds is 8. The summed E-state index contributed by atoms with van der Waals surface area (Å²) in [5, 5.41) is 9.71. The van der Waals surface area contributed by atoms with E-state index in [0.29, 0.717) is 6.61 Å². The van der Waals surface area contributed by atoms with Crippen LogP contribution >= 0.6 is 15.9 Å². The third kappa shape index (κ3) is 5.42. The lowest BCUT2D eigenvalue weighted by Crippen LogP contribution is -2.08. The van der Waals surface area contributed by atoms with Crippen LogP contribution in [0, 0.1) is 16.7 Å². The molecule has 0 saturated carbocycles. The van der Waals surface area contributed by atoms with Crippen LogP contribution in [0.1, 0.15) is 38.7 Å². The molecule has 20 heavy (non-hydrogen) atoms. The van der Waals surface area contributed by atoms with Gasteiger partial charge in [0.15, 0.2) is 0 Å². The van der Waals surface area contributed by atoms with Crippen LogP contribution in [0.25, 0.3) is 0 Å². The molecular formula is C16H22BrNO2. The van der Waals surface area contributed by atoms with Crippen LogP contribution in [0.4, 0.5) is 0 Å². The van der Waals surface area contributed by atoms with Gasteiger partial charge in [0.05, 0.1) is 25.2 Å². The predicted octanol–water partition coefficient (Wildman–Crippen LogP) is 4.69. The van der Waals surface area contributed by atoms with Crippen molar-refractivity contribution in [2.24, 2.45) is 5.41 Å². The molecule has 0 bridgehead atoms. The maximum Gasteiger partial charge on any atom is 0.127 e. The summed E-state index contributed by atoms with van der Waals surface area (Å²) in [6.45, 7) is 4.60. The number of hydrogen-bond acceptors (Lipinski definition) is 3. The quantitative estimate of drug-likeness (QED) is 0.509. The third-order valence-electron chi connectivity index (χ3n) is 3.17. The molecule has 0 aliphatic rings. The number of methoxy groups -OCH3 is 1. The highest BCUT2D eigenvalue weighted by Crippen LogP contribution is 2.27. The van der Waals surface area contributed by atoms with Gasteiger partial charge in [-0.1, -0.05) is 22.0 Å². The highest BCUT2D eigenvalue weighted by molar-refractivity contribution is 9.08. The zero-order valence-corrected chi connectivity index (χ0v) is 14.0. The number of nitrogens with zero attached hydrogens (tertiary/aromatic N) is 1.